The van der Waals surface area contributed by atoms with E-state index in [0.29, 0.717) is 18.7 Å². The SMILES string of the molecule is O=C(Nc1ccc(F)cc1)OCCc1ccccc1. The zero-order valence-corrected chi connectivity index (χ0v) is 10.3. The summed E-state index contributed by atoms with van der Waals surface area (Å²) in [5.74, 6) is -0.344. The first-order valence-electron chi connectivity index (χ1n) is 5.97. The van der Waals surface area contributed by atoms with E-state index in [2.05, 4.69) is 5.32 Å². The summed E-state index contributed by atoms with van der Waals surface area (Å²) in [7, 11) is 0. The number of benzene rings is 2. The van der Waals surface area contributed by atoms with E-state index in [0.717, 1.165) is 5.56 Å². The van der Waals surface area contributed by atoms with E-state index in [4.69, 9.17) is 4.74 Å². The van der Waals surface area contributed by atoms with Crippen LogP contribution in [0.4, 0.5) is 14.9 Å². The van der Waals surface area contributed by atoms with Crippen molar-refractivity contribution in [2.45, 2.75) is 6.42 Å². The first-order valence-corrected chi connectivity index (χ1v) is 5.97. The van der Waals surface area contributed by atoms with Crippen molar-refractivity contribution in [3.8, 4) is 0 Å². The lowest BCUT2D eigenvalue weighted by Crippen LogP contribution is -2.15. The van der Waals surface area contributed by atoms with Crippen molar-refractivity contribution in [2.75, 3.05) is 11.9 Å². The van der Waals surface area contributed by atoms with Crippen LogP contribution in [0.25, 0.3) is 0 Å². The third-order valence-electron chi connectivity index (χ3n) is 2.56. The van der Waals surface area contributed by atoms with E-state index in [9.17, 15) is 9.18 Å². The van der Waals surface area contributed by atoms with Gasteiger partial charge in [-0.2, -0.15) is 0 Å². The molecule has 1 N–H and O–H groups in total. The van der Waals surface area contributed by atoms with Crippen molar-refractivity contribution < 1.29 is 13.9 Å². The number of carbonyl (C=O) groups is 1. The van der Waals surface area contributed by atoms with Crippen LogP contribution in [-0.4, -0.2) is 12.7 Å². The van der Waals surface area contributed by atoms with Crippen LogP contribution in [-0.2, 0) is 11.2 Å². The van der Waals surface area contributed by atoms with E-state index in [1.165, 1.54) is 24.3 Å². The molecule has 0 saturated carbocycles. The van der Waals surface area contributed by atoms with Crippen LogP contribution >= 0.6 is 0 Å². The van der Waals surface area contributed by atoms with Gasteiger partial charge in [-0.3, -0.25) is 5.32 Å². The van der Waals surface area contributed by atoms with Crippen LogP contribution in [0.2, 0.25) is 0 Å². The maximum Gasteiger partial charge on any atom is 0.411 e. The van der Waals surface area contributed by atoms with Crippen molar-refractivity contribution in [2.24, 2.45) is 0 Å². The predicted molar refractivity (Wildman–Crippen MR) is 71.5 cm³/mol. The Morgan fingerprint density at radius 3 is 2.42 bits per heavy atom. The van der Waals surface area contributed by atoms with Crippen LogP contribution in [0.3, 0.4) is 0 Å². The number of hydrogen-bond donors (Lipinski definition) is 1. The van der Waals surface area contributed by atoms with Crippen LogP contribution < -0.4 is 5.32 Å². The highest BCUT2D eigenvalue weighted by molar-refractivity contribution is 5.84. The summed E-state index contributed by atoms with van der Waals surface area (Å²) in [6.45, 7) is 0.303. The summed E-state index contributed by atoms with van der Waals surface area (Å²) in [6.07, 6.45) is 0.125. The molecule has 0 aliphatic carbocycles. The molecule has 4 heteroatoms. The molecule has 0 unspecified atom stereocenters. The van der Waals surface area contributed by atoms with E-state index < -0.39 is 6.09 Å². The molecule has 2 rings (SSSR count). The predicted octanol–water partition coefficient (Wildman–Crippen LogP) is 3.62. The Morgan fingerprint density at radius 1 is 1.05 bits per heavy atom. The molecule has 0 aliphatic rings. The Hall–Kier alpha value is -2.36. The first-order chi connectivity index (χ1) is 9.24. The van der Waals surface area contributed by atoms with E-state index in [-0.39, 0.29) is 5.82 Å². The summed E-state index contributed by atoms with van der Waals surface area (Å²) in [6, 6.07) is 15.3. The number of amides is 1. The summed E-state index contributed by atoms with van der Waals surface area (Å²) < 4.78 is 17.7. The summed E-state index contributed by atoms with van der Waals surface area (Å²) in [4.78, 5) is 11.5. The molecule has 0 aliphatic heterocycles. The Kier molecular flexibility index (Phi) is 4.50. The maximum atomic E-state index is 12.7. The molecule has 0 fully saturated rings. The summed E-state index contributed by atoms with van der Waals surface area (Å²) >= 11 is 0. The van der Waals surface area contributed by atoms with Gasteiger partial charge in [0.25, 0.3) is 0 Å². The van der Waals surface area contributed by atoms with E-state index >= 15 is 0 Å². The largest absolute Gasteiger partial charge is 0.449 e. The highest BCUT2D eigenvalue weighted by Gasteiger charge is 2.03. The van der Waals surface area contributed by atoms with Gasteiger partial charge in [-0.1, -0.05) is 30.3 Å². The molecule has 19 heavy (non-hydrogen) atoms. The van der Waals surface area contributed by atoms with Gasteiger partial charge in [0.1, 0.15) is 5.82 Å². The molecule has 2 aromatic carbocycles. The smallest absolute Gasteiger partial charge is 0.411 e. The fraction of sp³-hybridized carbons (Fsp3) is 0.133. The molecule has 0 radical (unpaired) electrons. The molecule has 0 aromatic heterocycles. The van der Waals surface area contributed by atoms with Gasteiger partial charge < -0.3 is 4.74 Å². The molecule has 3 nitrogen and oxygen atoms in total. The fourth-order valence-electron chi connectivity index (χ4n) is 1.59. The van der Waals surface area contributed by atoms with Gasteiger partial charge in [0.15, 0.2) is 0 Å². The van der Waals surface area contributed by atoms with Crippen LogP contribution in [0.1, 0.15) is 5.56 Å². The Balaban J connectivity index is 1.74. The molecule has 0 spiro atoms. The topological polar surface area (TPSA) is 38.3 Å². The highest BCUT2D eigenvalue weighted by Crippen LogP contribution is 2.08. The van der Waals surface area contributed by atoms with Gasteiger partial charge in [0, 0.05) is 12.1 Å². The Morgan fingerprint density at radius 2 is 1.74 bits per heavy atom. The molecule has 0 atom stereocenters. The third-order valence-corrected chi connectivity index (χ3v) is 2.56. The average molecular weight is 259 g/mol. The number of hydrogen-bond acceptors (Lipinski definition) is 2. The lowest BCUT2D eigenvalue weighted by Gasteiger charge is -2.07. The van der Waals surface area contributed by atoms with Crippen LogP contribution in [0.5, 0.6) is 0 Å². The second kappa shape index (κ2) is 6.54. The van der Waals surface area contributed by atoms with Gasteiger partial charge in [-0.25, -0.2) is 9.18 Å². The molecule has 0 saturated heterocycles. The standard InChI is InChI=1S/C15H14FNO2/c16-13-6-8-14(9-7-13)17-15(18)19-11-10-12-4-2-1-3-5-12/h1-9H,10-11H2,(H,17,18). The van der Waals surface area contributed by atoms with Crippen molar-refractivity contribution in [1.82, 2.24) is 0 Å². The third kappa shape index (κ3) is 4.43. The first kappa shape index (κ1) is 13.1. The molecule has 1 amide bonds. The van der Waals surface area contributed by atoms with Gasteiger partial charge in [-0.05, 0) is 29.8 Å². The lowest BCUT2D eigenvalue weighted by molar-refractivity contribution is 0.163. The Labute approximate surface area is 111 Å². The van der Waals surface area contributed by atoms with E-state index in [1.54, 1.807) is 0 Å². The van der Waals surface area contributed by atoms with Gasteiger partial charge >= 0.3 is 6.09 Å². The van der Waals surface area contributed by atoms with Crippen molar-refractivity contribution in [3.63, 3.8) is 0 Å². The number of anilines is 1. The maximum absolute atomic E-state index is 12.7. The quantitative estimate of drug-likeness (QED) is 0.910. The average Bonchev–Trinajstić information content (AvgIpc) is 2.43. The van der Waals surface area contributed by atoms with Crippen molar-refractivity contribution in [1.29, 1.82) is 0 Å². The zero-order chi connectivity index (χ0) is 13.5. The molecule has 98 valence electrons. The lowest BCUT2D eigenvalue weighted by atomic mass is 10.2. The van der Waals surface area contributed by atoms with Crippen molar-refractivity contribution in [3.05, 3.63) is 66.0 Å². The number of rotatable bonds is 4. The number of nitrogens with one attached hydrogen (secondary N) is 1. The second-order valence-electron chi connectivity index (χ2n) is 4.00. The zero-order valence-electron chi connectivity index (χ0n) is 10.3. The minimum atomic E-state index is -0.539. The molecule has 0 bridgehead atoms. The van der Waals surface area contributed by atoms with Gasteiger partial charge in [-0.15, -0.1) is 0 Å². The summed E-state index contributed by atoms with van der Waals surface area (Å²) in [5, 5.41) is 2.53. The minimum absolute atomic E-state index is 0.303. The fourth-order valence-corrected chi connectivity index (χ4v) is 1.59. The minimum Gasteiger partial charge on any atom is -0.449 e. The molecular formula is C15H14FNO2. The van der Waals surface area contributed by atoms with Gasteiger partial charge in [0.05, 0.1) is 6.61 Å². The highest BCUT2D eigenvalue weighted by atomic mass is 19.1. The molecule has 2 aromatic rings. The number of carbonyl (C=O) groups excluding carboxylic acids is 1. The van der Waals surface area contributed by atoms with E-state index in [1.807, 2.05) is 30.3 Å². The summed E-state index contributed by atoms with van der Waals surface area (Å²) in [5.41, 5.74) is 1.61. The monoisotopic (exact) mass is 259 g/mol. The number of halogens is 1. The van der Waals surface area contributed by atoms with Crippen LogP contribution in [0.15, 0.2) is 54.6 Å². The number of ether oxygens (including phenoxy) is 1. The normalized spacial score (nSPS) is 9.95. The Bertz CT molecular complexity index is 526. The second-order valence-corrected chi connectivity index (χ2v) is 4.00. The van der Waals surface area contributed by atoms with Gasteiger partial charge in [0.2, 0.25) is 0 Å². The molecule has 0 heterocycles. The van der Waals surface area contributed by atoms with Crippen molar-refractivity contribution >= 4 is 11.8 Å². The molecular weight excluding hydrogens is 245 g/mol. The van der Waals surface area contributed by atoms with Crippen LogP contribution in [0, 0.1) is 5.82 Å².